The largest absolute Gasteiger partial charge is 0.463 e. The molecule has 2 aliphatic carbocycles. The second-order valence-corrected chi connectivity index (χ2v) is 23.3. The van der Waals surface area contributed by atoms with Crippen LogP contribution in [-0.2, 0) is 40.7 Å². The molecule has 10 rings (SSSR count). The van der Waals surface area contributed by atoms with E-state index in [-0.39, 0.29) is 16.4 Å². The molecule has 0 saturated heterocycles. The third-order valence-corrected chi connectivity index (χ3v) is 16.6. The lowest BCUT2D eigenvalue weighted by molar-refractivity contribution is -0.172. The summed E-state index contributed by atoms with van der Waals surface area (Å²) in [6.07, 6.45) is 4.09. The monoisotopic (exact) mass is 1000 g/mol. The van der Waals surface area contributed by atoms with E-state index in [0.717, 1.165) is 83.0 Å². The minimum atomic E-state index is -4.55. The first-order valence-corrected chi connectivity index (χ1v) is 26.7. The molecule has 0 N–H and O–H groups in total. The molecule has 0 saturated carbocycles. The lowest BCUT2D eigenvalue weighted by atomic mass is 9.70. The second-order valence-electron chi connectivity index (χ2n) is 23.3. The number of benzene rings is 8. The van der Waals surface area contributed by atoms with Crippen LogP contribution in [0.25, 0.3) is 76.8 Å². The van der Waals surface area contributed by atoms with Crippen molar-refractivity contribution in [3.8, 4) is 44.5 Å². The Balaban J connectivity index is 1.11. The number of hydrogen-bond donors (Lipinski definition) is 0. The molecular formula is C68H67F3O4. The highest BCUT2D eigenvalue weighted by molar-refractivity contribution is 6.25. The number of alkyl halides is 3. The van der Waals surface area contributed by atoms with Gasteiger partial charge in [0, 0.05) is 17.6 Å². The van der Waals surface area contributed by atoms with Gasteiger partial charge in [-0.2, -0.15) is 13.2 Å². The Morgan fingerprint density at radius 2 is 0.920 bits per heavy atom. The summed E-state index contributed by atoms with van der Waals surface area (Å²) in [6, 6.07) is 42.9. The van der Waals surface area contributed by atoms with E-state index in [1.54, 1.807) is 12.1 Å². The number of unbranched alkanes of at least 4 members (excludes halogenated alkanes) is 4. The van der Waals surface area contributed by atoms with Crippen molar-refractivity contribution < 1.29 is 32.2 Å². The number of carbonyl (C=O) groups excluding carboxylic acids is 2. The fourth-order valence-electron chi connectivity index (χ4n) is 12.4. The molecule has 1 unspecified atom stereocenters. The molecule has 0 spiro atoms. The van der Waals surface area contributed by atoms with Gasteiger partial charge >= 0.3 is 18.1 Å². The normalized spacial score (nSPS) is 15.7. The molecule has 7 heteroatoms. The summed E-state index contributed by atoms with van der Waals surface area (Å²) in [5.41, 5.74) is 9.48. The maximum Gasteiger partial charge on any atom is 0.402 e. The molecule has 4 nitrogen and oxygen atoms in total. The maximum atomic E-state index is 15.7. The van der Waals surface area contributed by atoms with Gasteiger partial charge in [0.05, 0.1) is 13.2 Å². The van der Waals surface area contributed by atoms with Gasteiger partial charge in [-0.3, -0.25) is 0 Å². The number of esters is 2. The quantitative estimate of drug-likeness (QED) is 0.0419. The third kappa shape index (κ3) is 9.04. The first kappa shape index (κ1) is 51.5. The first-order valence-electron chi connectivity index (χ1n) is 26.7. The number of rotatable bonds is 16. The van der Waals surface area contributed by atoms with Crippen molar-refractivity contribution in [3.05, 3.63) is 180 Å². The number of carbonyl (C=O) groups is 2. The summed E-state index contributed by atoms with van der Waals surface area (Å²) >= 11 is 0. The summed E-state index contributed by atoms with van der Waals surface area (Å²) in [4.78, 5) is 24.0. The van der Waals surface area contributed by atoms with Crippen LogP contribution >= 0.6 is 0 Å². The Hall–Kier alpha value is -6.99. The average Bonchev–Trinajstić information content (AvgIpc) is 3.85. The van der Waals surface area contributed by atoms with E-state index < -0.39 is 28.9 Å². The van der Waals surface area contributed by atoms with Crippen LogP contribution in [0.2, 0.25) is 0 Å². The number of fused-ring (bicyclic) bond motifs is 6. The minimum Gasteiger partial charge on any atom is -0.463 e. The number of ether oxygens (including phenoxy) is 2. The SMILES string of the molecule is C=CC(=O)OCCCCCC1(CCCCCOC(=O)C=C)c2cc(-c3ccc4c(c3)C(C)(C(F)(F)F)c3cc(C(C)(C)C)ccc3-4)ccc2-c2ccc(-c3ccc4ccc5cc(C(C)(C)C)cc6ccc3c4c56)cc21. The fourth-order valence-corrected chi connectivity index (χ4v) is 12.4. The van der Waals surface area contributed by atoms with Crippen molar-refractivity contribution in [2.45, 2.75) is 128 Å². The van der Waals surface area contributed by atoms with Crippen molar-refractivity contribution >= 4 is 44.3 Å². The molecule has 0 aliphatic heterocycles. The fraction of sp³-hybridized carbons (Fsp3) is 0.324. The summed E-state index contributed by atoms with van der Waals surface area (Å²) in [5.74, 6) is -0.878. The van der Waals surface area contributed by atoms with Gasteiger partial charge in [-0.25, -0.2) is 9.59 Å². The van der Waals surface area contributed by atoms with Crippen LogP contribution in [0, 0.1) is 0 Å². The molecule has 8 aromatic carbocycles. The summed E-state index contributed by atoms with van der Waals surface area (Å²) in [7, 11) is 0. The minimum absolute atomic E-state index is 0.000515. The van der Waals surface area contributed by atoms with Crippen molar-refractivity contribution in [3.63, 3.8) is 0 Å². The lowest BCUT2D eigenvalue weighted by Gasteiger charge is -2.33. The zero-order chi connectivity index (χ0) is 53.2. The highest BCUT2D eigenvalue weighted by Crippen LogP contribution is 2.59. The van der Waals surface area contributed by atoms with Crippen molar-refractivity contribution in [1.82, 2.24) is 0 Å². The highest BCUT2D eigenvalue weighted by Gasteiger charge is 2.58. The van der Waals surface area contributed by atoms with Crippen LogP contribution in [0.1, 0.15) is 133 Å². The molecule has 0 radical (unpaired) electrons. The lowest BCUT2D eigenvalue weighted by Crippen LogP contribution is -2.39. The molecule has 0 amide bonds. The molecule has 75 heavy (non-hydrogen) atoms. The molecule has 8 aromatic rings. The zero-order valence-electron chi connectivity index (χ0n) is 44.5. The molecule has 2 aliphatic rings. The van der Waals surface area contributed by atoms with Crippen LogP contribution in [0.4, 0.5) is 13.2 Å². The number of halogens is 3. The predicted molar refractivity (Wildman–Crippen MR) is 302 cm³/mol. The van der Waals surface area contributed by atoms with Crippen molar-refractivity contribution in [2.24, 2.45) is 0 Å². The molecule has 1 atom stereocenters. The molecule has 0 bridgehead atoms. The summed E-state index contributed by atoms with van der Waals surface area (Å²) in [6.45, 7) is 21.9. The second kappa shape index (κ2) is 19.3. The smallest absolute Gasteiger partial charge is 0.402 e. The van der Waals surface area contributed by atoms with Gasteiger partial charge in [-0.15, -0.1) is 0 Å². The molecular weight excluding hydrogens is 938 g/mol. The molecule has 384 valence electrons. The van der Waals surface area contributed by atoms with Crippen LogP contribution in [0.15, 0.2) is 147 Å². The average molecular weight is 1010 g/mol. The van der Waals surface area contributed by atoms with Gasteiger partial charge in [0.15, 0.2) is 0 Å². The van der Waals surface area contributed by atoms with E-state index in [4.69, 9.17) is 9.47 Å². The molecule has 0 aromatic heterocycles. The van der Waals surface area contributed by atoms with E-state index in [9.17, 15) is 9.59 Å². The van der Waals surface area contributed by atoms with E-state index in [1.807, 2.05) is 45.0 Å². The molecule has 0 fully saturated rings. The van der Waals surface area contributed by atoms with Gasteiger partial charge in [0.25, 0.3) is 0 Å². The Bertz CT molecular complexity index is 3510. The van der Waals surface area contributed by atoms with Crippen molar-refractivity contribution in [2.75, 3.05) is 13.2 Å². The Labute approximate surface area is 440 Å². The maximum absolute atomic E-state index is 15.7. The zero-order valence-corrected chi connectivity index (χ0v) is 44.5. The van der Waals surface area contributed by atoms with Gasteiger partial charge in [-0.1, -0.05) is 184 Å². The van der Waals surface area contributed by atoms with E-state index in [0.29, 0.717) is 42.7 Å². The Morgan fingerprint density at radius 3 is 1.45 bits per heavy atom. The Kier molecular flexibility index (Phi) is 13.2. The summed E-state index contributed by atoms with van der Waals surface area (Å²) < 4.78 is 58.0. The van der Waals surface area contributed by atoms with Crippen LogP contribution < -0.4 is 0 Å². The predicted octanol–water partition coefficient (Wildman–Crippen LogP) is 18.2. The van der Waals surface area contributed by atoms with E-state index in [1.165, 1.54) is 62.5 Å². The first-order chi connectivity index (χ1) is 35.7. The standard InChI is InChI=1S/C68H67F3O4/c1-10-60(72)74-34-16-12-14-32-67(33-15-13-17-35-75-61(73)11-2)58-39-44(43-21-27-51-52-31-25-48(64(3,4)5)41-57(52)66(9,56(51)38-43)68(69,70)71)22-28-53(58)54-29-23-45(40-59(54)67)50-26-20-42-18-19-46-36-49(65(6,7)8)37-47-24-30-55(50)63(42)62(46)47/h10-11,18-31,36-41H,1-2,12-17,32-35H2,3-9H3. The summed E-state index contributed by atoms with van der Waals surface area (Å²) in [5, 5.41) is 7.38. The van der Waals surface area contributed by atoms with E-state index in [2.05, 4.69) is 119 Å². The topological polar surface area (TPSA) is 52.6 Å². The Morgan fingerprint density at radius 1 is 0.480 bits per heavy atom. The van der Waals surface area contributed by atoms with Gasteiger partial charge in [0.2, 0.25) is 0 Å². The van der Waals surface area contributed by atoms with E-state index >= 15 is 13.2 Å². The molecule has 0 heterocycles. The van der Waals surface area contributed by atoms with Crippen LogP contribution in [0.5, 0.6) is 0 Å². The van der Waals surface area contributed by atoms with Gasteiger partial charge < -0.3 is 9.47 Å². The van der Waals surface area contributed by atoms with Gasteiger partial charge in [-0.05, 0) is 172 Å². The van der Waals surface area contributed by atoms with Crippen LogP contribution in [-0.4, -0.2) is 31.3 Å². The number of hydrogen-bond acceptors (Lipinski definition) is 4. The van der Waals surface area contributed by atoms with Gasteiger partial charge in [0.1, 0.15) is 5.41 Å². The van der Waals surface area contributed by atoms with Crippen molar-refractivity contribution in [1.29, 1.82) is 0 Å². The third-order valence-electron chi connectivity index (χ3n) is 16.6. The highest BCUT2D eigenvalue weighted by atomic mass is 19.4. The van der Waals surface area contributed by atoms with Crippen LogP contribution in [0.3, 0.4) is 0 Å².